The maximum Gasteiger partial charge on any atom is 0.0794 e. The van der Waals surface area contributed by atoms with Crippen LogP contribution >= 0.6 is 23.1 Å². The van der Waals surface area contributed by atoms with Crippen molar-refractivity contribution in [3.63, 3.8) is 0 Å². The second-order valence-electron chi connectivity index (χ2n) is 4.50. The van der Waals surface area contributed by atoms with Crippen molar-refractivity contribution in [2.24, 2.45) is 0 Å². The lowest BCUT2D eigenvalue weighted by molar-refractivity contribution is 0.570. The normalized spacial score (nSPS) is 12.5. The fourth-order valence-electron chi connectivity index (χ4n) is 1.80. The fourth-order valence-corrected chi connectivity index (χ4v) is 3.34. The highest BCUT2D eigenvalue weighted by molar-refractivity contribution is 7.98. The summed E-state index contributed by atoms with van der Waals surface area (Å²) in [5.41, 5.74) is 3.25. The minimum absolute atomic E-state index is 0.431. The van der Waals surface area contributed by atoms with Gasteiger partial charge in [-0.25, -0.2) is 0 Å². The molecule has 0 fully saturated rings. The number of thiazole rings is 1. The van der Waals surface area contributed by atoms with Gasteiger partial charge in [0.05, 0.1) is 5.51 Å². The standard InChI is InChI=1S/C15H20N2S2/c1-3-8-17-12(2)13-4-6-14(7-5-13)18-10-15-9-16-11-19-15/h4-7,9,11-12,17H,3,8,10H2,1-2H3. The van der Waals surface area contributed by atoms with E-state index >= 15 is 0 Å². The van der Waals surface area contributed by atoms with Gasteiger partial charge in [-0.2, -0.15) is 0 Å². The number of rotatable bonds is 7. The predicted octanol–water partition coefficient (Wildman–Crippen LogP) is 4.50. The Hall–Kier alpha value is -0.840. The largest absolute Gasteiger partial charge is 0.310 e. The molecule has 0 radical (unpaired) electrons. The van der Waals surface area contributed by atoms with Crippen LogP contribution in [0.2, 0.25) is 0 Å². The van der Waals surface area contributed by atoms with Gasteiger partial charge in [0.15, 0.2) is 0 Å². The first-order valence-corrected chi connectivity index (χ1v) is 8.49. The summed E-state index contributed by atoms with van der Waals surface area (Å²) in [5, 5.41) is 3.51. The van der Waals surface area contributed by atoms with Crippen molar-refractivity contribution >= 4 is 23.1 Å². The van der Waals surface area contributed by atoms with Crippen molar-refractivity contribution < 1.29 is 0 Å². The molecule has 1 aromatic heterocycles. The van der Waals surface area contributed by atoms with Gasteiger partial charge in [-0.1, -0.05) is 19.1 Å². The van der Waals surface area contributed by atoms with E-state index in [1.165, 1.54) is 21.8 Å². The zero-order valence-electron chi connectivity index (χ0n) is 11.4. The van der Waals surface area contributed by atoms with Crippen LogP contribution in [-0.2, 0) is 5.75 Å². The van der Waals surface area contributed by atoms with Crippen LogP contribution in [0.5, 0.6) is 0 Å². The number of aromatic nitrogens is 1. The molecule has 1 aromatic carbocycles. The molecular formula is C15H20N2S2. The van der Waals surface area contributed by atoms with Gasteiger partial charge in [-0.15, -0.1) is 23.1 Å². The van der Waals surface area contributed by atoms with E-state index in [-0.39, 0.29) is 0 Å². The number of thioether (sulfide) groups is 1. The summed E-state index contributed by atoms with van der Waals surface area (Å²) in [4.78, 5) is 6.74. The molecule has 1 N–H and O–H groups in total. The first-order valence-electron chi connectivity index (χ1n) is 6.63. The molecule has 2 nitrogen and oxygen atoms in total. The van der Waals surface area contributed by atoms with Gasteiger partial charge in [0.1, 0.15) is 0 Å². The summed E-state index contributed by atoms with van der Waals surface area (Å²) in [7, 11) is 0. The Morgan fingerprint density at radius 1 is 1.32 bits per heavy atom. The van der Waals surface area contributed by atoms with Gasteiger partial charge < -0.3 is 5.32 Å². The molecule has 2 rings (SSSR count). The third kappa shape index (κ3) is 4.64. The molecule has 0 amide bonds. The smallest absolute Gasteiger partial charge is 0.0794 e. The van der Waals surface area contributed by atoms with E-state index in [0.29, 0.717) is 6.04 Å². The summed E-state index contributed by atoms with van der Waals surface area (Å²) in [6, 6.07) is 9.31. The van der Waals surface area contributed by atoms with Crippen molar-refractivity contribution in [1.82, 2.24) is 10.3 Å². The van der Waals surface area contributed by atoms with Crippen molar-refractivity contribution in [2.75, 3.05) is 6.54 Å². The Bertz CT molecular complexity index is 465. The summed E-state index contributed by atoms with van der Waals surface area (Å²) in [6.45, 7) is 5.48. The third-order valence-corrected chi connectivity index (χ3v) is 4.97. The molecule has 0 bridgehead atoms. The molecule has 0 spiro atoms. The Balaban J connectivity index is 1.87. The van der Waals surface area contributed by atoms with Gasteiger partial charge in [-0.05, 0) is 37.6 Å². The predicted molar refractivity (Wildman–Crippen MR) is 84.8 cm³/mol. The van der Waals surface area contributed by atoms with E-state index in [1.807, 2.05) is 23.5 Å². The minimum Gasteiger partial charge on any atom is -0.310 e. The molecule has 0 aliphatic carbocycles. The molecule has 0 aliphatic rings. The lowest BCUT2D eigenvalue weighted by Crippen LogP contribution is -2.19. The molecule has 19 heavy (non-hydrogen) atoms. The Morgan fingerprint density at radius 2 is 2.11 bits per heavy atom. The lowest BCUT2D eigenvalue weighted by Gasteiger charge is -2.13. The monoisotopic (exact) mass is 292 g/mol. The van der Waals surface area contributed by atoms with Gasteiger partial charge in [-0.3, -0.25) is 4.98 Å². The van der Waals surface area contributed by atoms with E-state index in [9.17, 15) is 0 Å². The quantitative estimate of drug-likeness (QED) is 0.761. The van der Waals surface area contributed by atoms with Crippen molar-refractivity contribution in [3.8, 4) is 0 Å². The van der Waals surface area contributed by atoms with Crippen LogP contribution in [0.4, 0.5) is 0 Å². The molecule has 102 valence electrons. The zero-order valence-corrected chi connectivity index (χ0v) is 13.1. The van der Waals surface area contributed by atoms with E-state index in [4.69, 9.17) is 0 Å². The van der Waals surface area contributed by atoms with Crippen LogP contribution in [0.3, 0.4) is 0 Å². The highest BCUT2D eigenvalue weighted by Gasteiger charge is 2.04. The van der Waals surface area contributed by atoms with Gasteiger partial charge >= 0.3 is 0 Å². The van der Waals surface area contributed by atoms with E-state index in [0.717, 1.165) is 12.3 Å². The molecule has 0 aliphatic heterocycles. The van der Waals surface area contributed by atoms with E-state index in [2.05, 4.69) is 48.4 Å². The van der Waals surface area contributed by atoms with Gasteiger partial charge in [0.25, 0.3) is 0 Å². The molecule has 0 saturated carbocycles. The number of nitrogens with zero attached hydrogens (tertiary/aromatic N) is 1. The maximum atomic E-state index is 4.10. The first kappa shape index (κ1) is 14.6. The first-order chi connectivity index (χ1) is 9.29. The average Bonchev–Trinajstić information content (AvgIpc) is 2.96. The van der Waals surface area contributed by atoms with Gasteiger partial charge in [0.2, 0.25) is 0 Å². The van der Waals surface area contributed by atoms with Crippen LogP contribution in [0, 0.1) is 0 Å². The zero-order chi connectivity index (χ0) is 13.5. The molecular weight excluding hydrogens is 272 g/mol. The van der Waals surface area contributed by atoms with Gasteiger partial charge in [0, 0.05) is 27.8 Å². The highest BCUT2D eigenvalue weighted by atomic mass is 32.2. The summed E-state index contributed by atoms with van der Waals surface area (Å²) in [6.07, 6.45) is 3.12. The van der Waals surface area contributed by atoms with Crippen LogP contribution < -0.4 is 5.32 Å². The SMILES string of the molecule is CCCNC(C)c1ccc(SCc2cncs2)cc1. The number of hydrogen-bond acceptors (Lipinski definition) is 4. The molecule has 1 unspecified atom stereocenters. The maximum absolute atomic E-state index is 4.10. The minimum atomic E-state index is 0.431. The van der Waals surface area contributed by atoms with Crippen molar-refractivity contribution in [3.05, 3.63) is 46.4 Å². The Morgan fingerprint density at radius 3 is 2.74 bits per heavy atom. The summed E-state index contributed by atoms with van der Waals surface area (Å²) in [5.74, 6) is 1.01. The van der Waals surface area contributed by atoms with Crippen LogP contribution in [0.25, 0.3) is 0 Å². The van der Waals surface area contributed by atoms with Crippen molar-refractivity contribution in [1.29, 1.82) is 0 Å². The molecule has 1 heterocycles. The van der Waals surface area contributed by atoms with E-state index < -0.39 is 0 Å². The second kappa shape index (κ2) is 7.68. The Labute approximate surface area is 123 Å². The molecule has 0 saturated heterocycles. The van der Waals surface area contributed by atoms with Crippen LogP contribution in [0.15, 0.2) is 40.9 Å². The van der Waals surface area contributed by atoms with Crippen LogP contribution in [0.1, 0.15) is 36.8 Å². The second-order valence-corrected chi connectivity index (χ2v) is 6.52. The lowest BCUT2D eigenvalue weighted by atomic mass is 10.1. The van der Waals surface area contributed by atoms with Crippen molar-refractivity contribution in [2.45, 2.75) is 37.0 Å². The number of nitrogens with one attached hydrogen (secondary N) is 1. The number of benzene rings is 1. The number of hydrogen-bond donors (Lipinski definition) is 1. The Kier molecular flexibility index (Phi) is 5.89. The topological polar surface area (TPSA) is 24.9 Å². The average molecular weight is 292 g/mol. The molecule has 4 heteroatoms. The molecule has 2 aromatic rings. The third-order valence-electron chi connectivity index (χ3n) is 2.95. The van der Waals surface area contributed by atoms with E-state index in [1.54, 1.807) is 11.3 Å². The highest BCUT2D eigenvalue weighted by Crippen LogP contribution is 2.25. The molecule has 1 atom stereocenters. The summed E-state index contributed by atoms with van der Waals surface area (Å²) >= 11 is 3.58. The fraction of sp³-hybridized carbons (Fsp3) is 0.400. The van der Waals surface area contributed by atoms with Crippen LogP contribution in [-0.4, -0.2) is 11.5 Å². The summed E-state index contributed by atoms with van der Waals surface area (Å²) < 4.78 is 0.